The molecule has 1 heterocycles. The van der Waals surface area contributed by atoms with Gasteiger partial charge in [0.05, 0.1) is 18.2 Å². The summed E-state index contributed by atoms with van der Waals surface area (Å²) in [5.74, 6) is -0.249. The Balaban J connectivity index is 2.58. The average molecular weight is 186 g/mol. The Morgan fingerprint density at radius 3 is 2.77 bits per heavy atom. The van der Waals surface area contributed by atoms with Gasteiger partial charge in [-0.15, -0.1) is 0 Å². The molecular weight excluding hydrogens is 172 g/mol. The average Bonchev–Trinajstić information content (AvgIpc) is 2.31. The zero-order valence-corrected chi connectivity index (χ0v) is 7.43. The van der Waals surface area contributed by atoms with Gasteiger partial charge in [0.15, 0.2) is 0 Å². The predicted octanol–water partition coefficient (Wildman–Crippen LogP) is -1.71. The SMILES string of the molecule is [CH][C@@H]1O[C@H](CN)[C@H](O)C1NC(C)=O. The van der Waals surface area contributed by atoms with E-state index in [1.54, 1.807) is 0 Å². The van der Waals surface area contributed by atoms with Crippen molar-refractivity contribution in [2.75, 3.05) is 6.54 Å². The molecule has 2 radical (unpaired) electrons. The highest BCUT2D eigenvalue weighted by Crippen LogP contribution is 2.19. The summed E-state index contributed by atoms with van der Waals surface area (Å²) in [6.45, 7) is 7.07. The quantitative estimate of drug-likeness (QED) is 0.479. The molecule has 1 saturated heterocycles. The summed E-state index contributed by atoms with van der Waals surface area (Å²) in [6.07, 6.45) is -2.01. The van der Waals surface area contributed by atoms with Crippen LogP contribution in [-0.4, -0.2) is 41.9 Å². The molecule has 1 rings (SSSR count). The second-order valence-electron chi connectivity index (χ2n) is 3.09. The number of hydrogen-bond donors (Lipinski definition) is 3. The van der Waals surface area contributed by atoms with Gasteiger partial charge in [-0.05, 0) is 6.92 Å². The van der Waals surface area contributed by atoms with Crippen LogP contribution in [0.5, 0.6) is 0 Å². The third kappa shape index (κ3) is 2.18. The van der Waals surface area contributed by atoms with Crippen LogP contribution >= 0.6 is 0 Å². The first-order chi connectivity index (χ1) is 6.06. The molecule has 0 aromatic carbocycles. The number of hydrogen-bond acceptors (Lipinski definition) is 4. The van der Waals surface area contributed by atoms with E-state index in [-0.39, 0.29) is 12.5 Å². The number of nitrogens with two attached hydrogens (primary N) is 1. The highest BCUT2D eigenvalue weighted by atomic mass is 16.5. The lowest BCUT2D eigenvalue weighted by atomic mass is 10.1. The molecule has 0 spiro atoms. The molecule has 5 nitrogen and oxygen atoms in total. The van der Waals surface area contributed by atoms with Crippen molar-refractivity contribution in [3.63, 3.8) is 0 Å². The summed E-state index contributed by atoms with van der Waals surface area (Å²) in [5, 5.41) is 12.1. The maximum Gasteiger partial charge on any atom is 0.217 e. The van der Waals surface area contributed by atoms with Gasteiger partial charge in [-0.1, -0.05) is 0 Å². The molecule has 1 aliphatic rings. The summed E-state index contributed by atoms with van der Waals surface area (Å²) in [6, 6.07) is -0.564. The van der Waals surface area contributed by atoms with Crippen LogP contribution in [-0.2, 0) is 9.53 Å². The van der Waals surface area contributed by atoms with Gasteiger partial charge in [-0.25, -0.2) is 0 Å². The molecule has 4 atom stereocenters. The lowest BCUT2D eigenvalue weighted by molar-refractivity contribution is -0.120. The maximum absolute atomic E-state index is 10.7. The number of nitrogens with one attached hydrogen (secondary N) is 1. The number of aliphatic hydroxyl groups is 1. The lowest BCUT2D eigenvalue weighted by Crippen LogP contribution is -2.47. The van der Waals surface area contributed by atoms with E-state index in [4.69, 9.17) is 17.4 Å². The molecule has 5 heteroatoms. The number of rotatable bonds is 2. The van der Waals surface area contributed by atoms with Crippen molar-refractivity contribution in [3.05, 3.63) is 6.92 Å². The summed E-state index contributed by atoms with van der Waals surface area (Å²) in [5.41, 5.74) is 5.33. The first kappa shape index (κ1) is 10.4. The van der Waals surface area contributed by atoms with Crippen molar-refractivity contribution < 1.29 is 14.6 Å². The highest BCUT2D eigenvalue weighted by Gasteiger charge is 2.40. The fraction of sp³-hybridized carbons (Fsp3) is 0.750. The molecule has 74 valence electrons. The highest BCUT2D eigenvalue weighted by molar-refractivity contribution is 5.73. The Morgan fingerprint density at radius 2 is 2.38 bits per heavy atom. The fourth-order valence-corrected chi connectivity index (χ4v) is 1.39. The molecule has 1 aliphatic heterocycles. The van der Waals surface area contributed by atoms with Gasteiger partial charge < -0.3 is 20.9 Å². The molecule has 1 fully saturated rings. The number of amides is 1. The van der Waals surface area contributed by atoms with Crippen molar-refractivity contribution in [1.82, 2.24) is 5.32 Å². The van der Waals surface area contributed by atoms with Gasteiger partial charge in [0.25, 0.3) is 0 Å². The van der Waals surface area contributed by atoms with E-state index in [0.29, 0.717) is 0 Å². The third-order valence-electron chi connectivity index (χ3n) is 2.04. The second-order valence-corrected chi connectivity index (χ2v) is 3.09. The number of ether oxygens (including phenoxy) is 1. The Bertz CT molecular complexity index is 198. The van der Waals surface area contributed by atoms with E-state index < -0.39 is 24.4 Å². The van der Waals surface area contributed by atoms with Crippen LogP contribution in [0.4, 0.5) is 0 Å². The van der Waals surface area contributed by atoms with Crippen LogP contribution in [0.2, 0.25) is 0 Å². The molecule has 0 saturated carbocycles. The van der Waals surface area contributed by atoms with Gasteiger partial charge in [0.1, 0.15) is 6.10 Å². The largest absolute Gasteiger partial charge is 0.388 e. The van der Waals surface area contributed by atoms with Crippen LogP contribution in [0.25, 0.3) is 0 Å². The molecule has 0 bridgehead atoms. The molecule has 1 amide bonds. The van der Waals surface area contributed by atoms with E-state index in [9.17, 15) is 9.90 Å². The molecular formula is C8H14N2O3. The Labute approximate surface area is 77.2 Å². The number of carbonyl (C=O) groups excluding carboxylic acids is 1. The minimum atomic E-state index is -0.830. The zero-order chi connectivity index (χ0) is 10.0. The normalized spacial score (nSPS) is 39.1. The topological polar surface area (TPSA) is 84.6 Å². The zero-order valence-electron chi connectivity index (χ0n) is 7.43. The smallest absolute Gasteiger partial charge is 0.217 e. The van der Waals surface area contributed by atoms with E-state index in [2.05, 4.69) is 5.32 Å². The predicted molar refractivity (Wildman–Crippen MR) is 45.6 cm³/mol. The minimum Gasteiger partial charge on any atom is -0.388 e. The van der Waals surface area contributed by atoms with Crippen molar-refractivity contribution >= 4 is 5.91 Å². The monoisotopic (exact) mass is 186 g/mol. The summed E-state index contributed by atoms with van der Waals surface area (Å²) >= 11 is 0. The van der Waals surface area contributed by atoms with Gasteiger partial charge in [-0.2, -0.15) is 0 Å². The van der Waals surface area contributed by atoms with Gasteiger partial charge in [-0.3, -0.25) is 4.79 Å². The van der Waals surface area contributed by atoms with E-state index in [1.807, 2.05) is 0 Å². The molecule has 4 N–H and O–H groups in total. The number of carbonyl (C=O) groups is 1. The minimum absolute atomic E-state index is 0.185. The third-order valence-corrected chi connectivity index (χ3v) is 2.04. The van der Waals surface area contributed by atoms with Crippen LogP contribution < -0.4 is 11.1 Å². The van der Waals surface area contributed by atoms with Crippen LogP contribution in [0, 0.1) is 6.92 Å². The Morgan fingerprint density at radius 1 is 1.77 bits per heavy atom. The van der Waals surface area contributed by atoms with E-state index >= 15 is 0 Å². The fourth-order valence-electron chi connectivity index (χ4n) is 1.39. The van der Waals surface area contributed by atoms with Gasteiger partial charge in [0.2, 0.25) is 5.91 Å². The van der Waals surface area contributed by atoms with Crippen molar-refractivity contribution in [2.24, 2.45) is 5.73 Å². The first-order valence-corrected chi connectivity index (χ1v) is 4.12. The summed E-state index contributed by atoms with van der Waals surface area (Å²) in [4.78, 5) is 10.7. The van der Waals surface area contributed by atoms with E-state index in [1.165, 1.54) is 6.92 Å². The van der Waals surface area contributed by atoms with Gasteiger partial charge in [0, 0.05) is 13.5 Å². The molecule has 0 aromatic heterocycles. The Kier molecular flexibility index (Phi) is 3.24. The maximum atomic E-state index is 10.7. The van der Waals surface area contributed by atoms with Gasteiger partial charge >= 0.3 is 0 Å². The van der Waals surface area contributed by atoms with Crippen molar-refractivity contribution in [1.29, 1.82) is 0 Å². The van der Waals surface area contributed by atoms with Crippen molar-refractivity contribution in [2.45, 2.75) is 31.3 Å². The summed E-state index contributed by atoms with van der Waals surface area (Å²) in [7, 11) is 0. The standard InChI is InChI=1S/C8H14N2O3/c1-4-7(10-5(2)11)8(12)6(3-9)13-4/h1,4,6-8,12H,3,9H2,2H3,(H,10,11)/t4-,6+,7?,8-/m0/s1. The van der Waals surface area contributed by atoms with Crippen molar-refractivity contribution in [3.8, 4) is 0 Å². The lowest BCUT2D eigenvalue weighted by Gasteiger charge is -2.18. The second kappa shape index (κ2) is 4.04. The number of aliphatic hydroxyl groups excluding tert-OH is 1. The molecule has 1 unspecified atom stereocenters. The Hall–Kier alpha value is -0.650. The van der Waals surface area contributed by atoms with Crippen LogP contribution in [0.3, 0.4) is 0 Å². The first-order valence-electron chi connectivity index (χ1n) is 4.12. The summed E-state index contributed by atoms with van der Waals surface area (Å²) < 4.78 is 5.12. The molecule has 13 heavy (non-hydrogen) atoms. The van der Waals surface area contributed by atoms with Crippen LogP contribution in [0.15, 0.2) is 0 Å². The molecule has 0 aromatic rings. The molecule has 0 aliphatic carbocycles. The van der Waals surface area contributed by atoms with E-state index in [0.717, 1.165) is 0 Å². The van der Waals surface area contributed by atoms with Crippen LogP contribution in [0.1, 0.15) is 6.92 Å².